The second kappa shape index (κ2) is 6.65. The number of aryl methyl sites for hydroxylation is 1. The lowest BCUT2D eigenvalue weighted by molar-refractivity contribution is 0.119. The highest BCUT2D eigenvalue weighted by Gasteiger charge is 2.09. The summed E-state index contributed by atoms with van der Waals surface area (Å²) in [6, 6.07) is 7.08. The van der Waals surface area contributed by atoms with Crippen molar-refractivity contribution in [3.05, 3.63) is 29.3 Å². The number of methoxy groups -OCH3 is 1. The zero-order chi connectivity index (χ0) is 12.8. The highest BCUT2D eigenvalue weighted by atomic mass is 16.5. The number of rotatable bonds is 6. The molecule has 0 aliphatic carbocycles. The highest BCUT2D eigenvalue weighted by Crippen LogP contribution is 2.24. The van der Waals surface area contributed by atoms with Crippen molar-refractivity contribution in [3.8, 4) is 0 Å². The topological polar surface area (TPSA) is 21.3 Å². The Morgan fingerprint density at radius 2 is 1.88 bits per heavy atom. The maximum absolute atomic E-state index is 5.40. The Kier molecular flexibility index (Phi) is 5.49. The molecule has 96 valence electrons. The Balaban J connectivity index is 2.88. The number of anilines is 1. The summed E-state index contributed by atoms with van der Waals surface area (Å²) in [4.78, 5) is 0. The van der Waals surface area contributed by atoms with Gasteiger partial charge in [0.1, 0.15) is 0 Å². The Morgan fingerprint density at radius 1 is 1.24 bits per heavy atom. The van der Waals surface area contributed by atoms with Gasteiger partial charge in [0.15, 0.2) is 0 Å². The molecule has 1 unspecified atom stereocenters. The Labute approximate surface area is 105 Å². The molecule has 0 heterocycles. The number of benzene rings is 1. The molecule has 0 bridgehead atoms. The van der Waals surface area contributed by atoms with Crippen molar-refractivity contribution in [1.29, 1.82) is 0 Å². The fourth-order valence-corrected chi connectivity index (χ4v) is 2.02. The molecule has 2 nitrogen and oxygen atoms in total. The van der Waals surface area contributed by atoms with Crippen LogP contribution in [0.5, 0.6) is 0 Å². The first-order valence-corrected chi connectivity index (χ1v) is 6.52. The lowest BCUT2D eigenvalue weighted by Crippen LogP contribution is -2.17. The lowest BCUT2D eigenvalue weighted by Gasteiger charge is -2.19. The molecule has 0 amide bonds. The van der Waals surface area contributed by atoms with Crippen LogP contribution in [0.3, 0.4) is 0 Å². The van der Waals surface area contributed by atoms with Crippen LogP contribution in [0, 0.1) is 6.92 Å². The number of ether oxygens (including phenoxy) is 1. The summed E-state index contributed by atoms with van der Waals surface area (Å²) in [6.45, 7) is 8.65. The second-order valence-corrected chi connectivity index (χ2v) is 4.61. The van der Waals surface area contributed by atoms with E-state index in [2.05, 4.69) is 51.2 Å². The van der Waals surface area contributed by atoms with Crippen LogP contribution in [-0.2, 0) is 4.74 Å². The van der Waals surface area contributed by atoms with Gasteiger partial charge in [-0.25, -0.2) is 0 Å². The van der Waals surface area contributed by atoms with E-state index in [-0.39, 0.29) is 6.10 Å². The smallest absolute Gasteiger partial charge is 0.0796 e. The molecular formula is C15H25NO. The quantitative estimate of drug-likeness (QED) is 0.793. The molecular weight excluding hydrogens is 210 g/mol. The number of hydrogen-bond acceptors (Lipinski definition) is 2. The maximum Gasteiger partial charge on any atom is 0.0796 e. The van der Waals surface area contributed by atoms with Gasteiger partial charge in [-0.15, -0.1) is 0 Å². The average molecular weight is 235 g/mol. The fourth-order valence-electron chi connectivity index (χ4n) is 2.02. The monoisotopic (exact) mass is 235 g/mol. The molecule has 1 aromatic rings. The van der Waals surface area contributed by atoms with E-state index in [0.717, 1.165) is 12.8 Å². The van der Waals surface area contributed by atoms with Crippen LogP contribution in [0.2, 0.25) is 0 Å². The van der Waals surface area contributed by atoms with E-state index < -0.39 is 0 Å². The number of hydrogen-bond donors (Lipinski definition) is 1. The standard InChI is InChI=1S/C15H25NO/c1-6-13(7-2)16-14-9-8-11(3)15(10-14)12(4)17-5/h8-10,12-13,16H,6-7H2,1-5H3. The van der Waals surface area contributed by atoms with Gasteiger partial charge in [0, 0.05) is 18.8 Å². The number of nitrogens with one attached hydrogen (secondary N) is 1. The minimum atomic E-state index is 0.151. The third-order valence-corrected chi connectivity index (χ3v) is 3.43. The van der Waals surface area contributed by atoms with E-state index in [9.17, 15) is 0 Å². The first kappa shape index (κ1) is 14.0. The Bertz CT molecular complexity index is 345. The van der Waals surface area contributed by atoms with E-state index in [1.807, 2.05) is 0 Å². The van der Waals surface area contributed by atoms with Crippen molar-refractivity contribution in [2.24, 2.45) is 0 Å². The first-order valence-electron chi connectivity index (χ1n) is 6.52. The van der Waals surface area contributed by atoms with Crippen LogP contribution in [0.1, 0.15) is 50.8 Å². The van der Waals surface area contributed by atoms with Gasteiger partial charge in [-0.3, -0.25) is 0 Å². The Hall–Kier alpha value is -1.02. The molecule has 0 radical (unpaired) electrons. The van der Waals surface area contributed by atoms with Gasteiger partial charge in [0.25, 0.3) is 0 Å². The van der Waals surface area contributed by atoms with Gasteiger partial charge in [0.2, 0.25) is 0 Å². The van der Waals surface area contributed by atoms with E-state index >= 15 is 0 Å². The second-order valence-electron chi connectivity index (χ2n) is 4.61. The maximum atomic E-state index is 5.40. The fraction of sp³-hybridized carbons (Fsp3) is 0.600. The molecule has 1 N–H and O–H groups in total. The summed E-state index contributed by atoms with van der Waals surface area (Å²) < 4.78 is 5.40. The third-order valence-electron chi connectivity index (χ3n) is 3.43. The van der Waals surface area contributed by atoms with Crippen molar-refractivity contribution < 1.29 is 4.74 Å². The van der Waals surface area contributed by atoms with Crippen LogP contribution < -0.4 is 5.32 Å². The predicted molar refractivity (Wildman–Crippen MR) is 74.6 cm³/mol. The normalized spacial score (nSPS) is 12.8. The molecule has 2 heteroatoms. The van der Waals surface area contributed by atoms with E-state index in [1.165, 1.54) is 16.8 Å². The third kappa shape index (κ3) is 3.74. The minimum Gasteiger partial charge on any atom is -0.382 e. The molecule has 0 fully saturated rings. The van der Waals surface area contributed by atoms with Gasteiger partial charge in [0.05, 0.1) is 6.10 Å². The summed E-state index contributed by atoms with van der Waals surface area (Å²) >= 11 is 0. The summed E-state index contributed by atoms with van der Waals surface area (Å²) in [5.74, 6) is 0. The molecule has 1 aromatic carbocycles. The molecule has 17 heavy (non-hydrogen) atoms. The van der Waals surface area contributed by atoms with Crippen LogP contribution in [0.25, 0.3) is 0 Å². The van der Waals surface area contributed by atoms with Crippen molar-refractivity contribution in [2.45, 2.75) is 52.7 Å². The summed E-state index contributed by atoms with van der Waals surface area (Å²) in [7, 11) is 1.76. The van der Waals surface area contributed by atoms with E-state index in [4.69, 9.17) is 4.74 Å². The summed E-state index contributed by atoms with van der Waals surface area (Å²) in [6.07, 6.45) is 2.46. The lowest BCUT2D eigenvalue weighted by atomic mass is 10.0. The minimum absolute atomic E-state index is 0.151. The van der Waals surface area contributed by atoms with Crippen LogP contribution in [0.4, 0.5) is 5.69 Å². The molecule has 1 rings (SSSR count). The summed E-state index contributed by atoms with van der Waals surface area (Å²) in [5, 5.41) is 3.57. The Morgan fingerprint density at radius 3 is 2.41 bits per heavy atom. The van der Waals surface area contributed by atoms with Crippen molar-refractivity contribution in [2.75, 3.05) is 12.4 Å². The molecule has 0 aliphatic heterocycles. The SMILES string of the molecule is CCC(CC)Nc1ccc(C)c(C(C)OC)c1. The van der Waals surface area contributed by atoms with Gasteiger partial charge < -0.3 is 10.1 Å². The highest BCUT2D eigenvalue weighted by molar-refractivity contribution is 5.49. The van der Waals surface area contributed by atoms with Gasteiger partial charge >= 0.3 is 0 Å². The van der Waals surface area contributed by atoms with E-state index in [1.54, 1.807) is 7.11 Å². The average Bonchev–Trinajstić information content (AvgIpc) is 2.36. The van der Waals surface area contributed by atoms with Crippen molar-refractivity contribution >= 4 is 5.69 Å². The molecule has 0 saturated heterocycles. The predicted octanol–water partition coefficient (Wildman–Crippen LogP) is 4.30. The molecule has 0 spiro atoms. The van der Waals surface area contributed by atoms with Gasteiger partial charge in [-0.2, -0.15) is 0 Å². The molecule has 1 atom stereocenters. The van der Waals surface area contributed by atoms with E-state index in [0.29, 0.717) is 6.04 Å². The molecule has 0 aromatic heterocycles. The molecule has 0 saturated carbocycles. The van der Waals surface area contributed by atoms with Gasteiger partial charge in [-0.1, -0.05) is 19.9 Å². The van der Waals surface area contributed by atoms with Gasteiger partial charge in [-0.05, 0) is 49.9 Å². The zero-order valence-electron chi connectivity index (χ0n) is 11.7. The first-order chi connectivity index (χ1) is 8.12. The zero-order valence-corrected chi connectivity index (χ0v) is 11.7. The van der Waals surface area contributed by atoms with Crippen LogP contribution in [0.15, 0.2) is 18.2 Å². The summed E-state index contributed by atoms with van der Waals surface area (Å²) in [5.41, 5.74) is 3.75. The van der Waals surface area contributed by atoms with Crippen molar-refractivity contribution in [3.63, 3.8) is 0 Å². The largest absolute Gasteiger partial charge is 0.382 e. The van der Waals surface area contributed by atoms with Crippen LogP contribution >= 0.6 is 0 Å². The van der Waals surface area contributed by atoms with Crippen molar-refractivity contribution in [1.82, 2.24) is 0 Å². The van der Waals surface area contributed by atoms with Crippen LogP contribution in [-0.4, -0.2) is 13.2 Å². The molecule has 0 aliphatic rings.